The van der Waals surface area contributed by atoms with Crippen molar-refractivity contribution in [3.05, 3.63) is 82.4 Å². The van der Waals surface area contributed by atoms with Crippen molar-refractivity contribution in [3.63, 3.8) is 0 Å². The Labute approximate surface area is 262 Å². The van der Waals surface area contributed by atoms with Gasteiger partial charge in [0.2, 0.25) is 5.54 Å². The Morgan fingerprint density at radius 2 is 1.89 bits per heavy atom. The second-order valence-electron chi connectivity index (χ2n) is 11.1. The zero-order valence-corrected chi connectivity index (χ0v) is 24.9. The summed E-state index contributed by atoms with van der Waals surface area (Å²) in [5, 5.41) is 19.7. The molecule has 3 heterocycles. The largest absolute Gasteiger partial charge is 0.479 e. The van der Waals surface area contributed by atoms with Crippen LogP contribution in [0.2, 0.25) is 0 Å². The van der Waals surface area contributed by atoms with Crippen LogP contribution in [0.15, 0.2) is 52.1 Å². The molecule has 4 aromatic rings. The quantitative estimate of drug-likeness (QED) is 0.0845. The Balaban J connectivity index is 1.39. The van der Waals surface area contributed by atoms with E-state index in [-0.39, 0.29) is 52.9 Å². The third-order valence-electron chi connectivity index (χ3n) is 7.97. The van der Waals surface area contributed by atoms with Crippen LogP contribution in [0.5, 0.6) is 0 Å². The second kappa shape index (κ2) is 12.0. The minimum absolute atomic E-state index is 0.0234. The molecule has 1 aliphatic carbocycles. The van der Waals surface area contributed by atoms with E-state index in [0.717, 1.165) is 42.3 Å². The van der Waals surface area contributed by atoms with Crippen molar-refractivity contribution in [3.8, 4) is 22.6 Å². The Morgan fingerprint density at radius 3 is 2.57 bits per heavy atom. The number of carboxylic acid groups (broad SMARTS) is 1. The standard InChI is InChI=1S/C29H25F5N5O7P/c30-20-4-1-3-18(25(20)31)26-36-22-13-35-39(14-23(22)37-26)28(27(40)41,9-2-10-45-47(42,43)44)24-12-21(38-46-24)17-8-7-16(15-5-6-15)11-19(17)29(32,33)34/h1,3-4,7-8,11-13,15H,2,5-6,9-10,14H2,(H,36,37)(H,40,41)(H2,42,43,44). The number of hydrogen-bond donors (Lipinski definition) is 4. The lowest BCUT2D eigenvalue weighted by Crippen LogP contribution is -2.50. The van der Waals surface area contributed by atoms with E-state index in [1.807, 2.05) is 0 Å². The first kappa shape index (κ1) is 32.5. The second-order valence-corrected chi connectivity index (χ2v) is 12.3. The fourth-order valence-electron chi connectivity index (χ4n) is 5.51. The number of rotatable bonds is 11. The Hall–Kier alpha value is -4.44. The van der Waals surface area contributed by atoms with Gasteiger partial charge in [0.25, 0.3) is 0 Å². The van der Waals surface area contributed by atoms with Crippen LogP contribution < -0.4 is 0 Å². The van der Waals surface area contributed by atoms with E-state index < -0.39 is 61.5 Å². The maximum atomic E-state index is 14.5. The lowest BCUT2D eigenvalue weighted by molar-refractivity contribution is -0.156. The van der Waals surface area contributed by atoms with Crippen molar-refractivity contribution in [1.82, 2.24) is 20.1 Å². The average Bonchev–Trinajstić information content (AvgIpc) is 3.58. The fraction of sp³-hybridized carbons (Fsp3) is 0.310. The number of alkyl halides is 3. The smallest absolute Gasteiger partial charge is 0.469 e. The van der Waals surface area contributed by atoms with Crippen LogP contribution in [0.3, 0.4) is 0 Å². The Kier molecular flexibility index (Phi) is 8.28. The summed E-state index contributed by atoms with van der Waals surface area (Å²) in [6.45, 7) is -0.946. The summed E-state index contributed by atoms with van der Waals surface area (Å²) in [5.74, 6) is -4.37. The number of phosphoric acid groups is 1. The summed E-state index contributed by atoms with van der Waals surface area (Å²) in [6.07, 6.45) is -2.85. The number of halogens is 5. The number of nitrogens with zero attached hydrogens (tertiary/aromatic N) is 4. The molecule has 4 N–H and O–H groups in total. The summed E-state index contributed by atoms with van der Waals surface area (Å²) in [5.41, 5.74) is -3.22. The van der Waals surface area contributed by atoms with Crippen molar-refractivity contribution in [2.24, 2.45) is 5.10 Å². The minimum atomic E-state index is -4.92. The molecule has 2 aromatic carbocycles. The highest BCUT2D eigenvalue weighted by Crippen LogP contribution is 2.46. The predicted molar refractivity (Wildman–Crippen MR) is 153 cm³/mol. The molecule has 1 fully saturated rings. The molecule has 248 valence electrons. The van der Waals surface area contributed by atoms with Crippen LogP contribution in [-0.2, 0) is 32.1 Å². The number of aromatic amines is 1. The molecule has 1 atom stereocenters. The molecule has 0 saturated heterocycles. The third kappa shape index (κ3) is 6.43. The number of hydrazone groups is 1. The third-order valence-corrected chi connectivity index (χ3v) is 8.49. The summed E-state index contributed by atoms with van der Waals surface area (Å²) < 4.78 is 92.0. The number of H-pyrrole nitrogens is 1. The van der Waals surface area contributed by atoms with E-state index in [1.54, 1.807) is 6.07 Å². The summed E-state index contributed by atoms with van der Waals surface area (Å²) >= 11 is 0. The van der Waals surface area contributed by atoms with Gasteiger partial charge in [-0.2, -0.15) is 18.3 Å². The first-order chi connectivity index (χ1) is 22.2. The van der Waals surface area contributed by atoms with Gasteiger partial charge in [0.15, 0.2) is 17.4 Å². The molecule has 12 nitrogen and oxygen atoms in total. The molecule has 2 aromatic heterocycles. The molecule has 1 aliphatic heterocycles. The normalized spacial score (nSPS) is 16.3. The van der Waals surface area contributed by atoms with E-state index in [1.165, 1.54) is 18.2 Å². The number of carbonyl (C=O) groups is 1. The number of benzene rings is 2. The van der Waals surface area contributed by atoms with Gasteiger partial charge in [0, 0.05) is 11.6 Å². The fourth-order valence-corrected chi connectivity index (χ4v) is 5.88. The number of carboxylic acids is 1. The van der Waals surface area contributed by atoms with E-state index in [4.69, 9.17) is 14.3 Å². The van der Waals surface area contributed by atoms with Gasteiger partial charge in [-0.15, -0.1) is 0 Å². The van der Waals surface area contributed by atoms with E-state index in [0.29, 0.717) is 5.56 Å². The van der Waals surface area contributed by atoms with Gasteiger partial charge >= 0.3 is 20.0 Å². The Morgan fingerprint density at radius 1 is 1.13 bits per heavy atom. The molecule has 6 rings (SSSR count). The number of aliphatic carboxylic acids is 1. The topological polar surface area (TPSA) is 174 Å². The molecule has 0 amide bonds. The van der Waals surface area contributed by atoms with Gasteiger partial charge in [-0.25, -0.2) is 23.1 Å². The number of hydrogen-bond acceptors (Lipinski definition) is 8. The first-order valence-electron chi connectivity index (χ1n) is 14.1. The van der Waals surface area contributed by atoms with Crippen LogP contribution in [0, 0.1) is 11.6 Å². The monoisotopic (exact) mass is 681 g/mol. The molecule has 47 heavy (non-hydrogen) atoms. The highest BCUT2D eigenvalue weighted by atomic mass is 31.2. The van der Waals surface area contributed by atoms with E-state index in [9.17, 15) is 36.4 Å². The number of phosphoric ester groups is 1. The van der Waals surface area contributed by atoms with Gasteiger partial charge in [-0.3, -0.25) is 9.53 Å². The lowest BCUT2D eigenvalue weighted by Gasteiger charge is -2.37. The van der Waals surface area contributed by atoms with Gasteiger partial charge < -0.3 is 24.4 Å². The Bertz CT molecular complexity index is 1920. The molecular formula is C29H25F5N5O7P. The maximum Gasteiger partial charge on any atom is 0.469 e. The molecule has 2 aliphatic rings. The molecule has 1 saturated carbocycles. The van der Waals surface area contributed by atoms with Crippen molar-refractivity contribution >= 4 is 20.0 Å². The zero-order valence-electron chi connectivity index (χ0n) is 24.0. The predicted octanol–water partition coefficient (Wildman–Crippen LogP) is 5.93. The van der Waals surface area contributed by atoms with Crippen molar-refractivity contribution in [1.29, 1.82) is 0 Å². The molecular weight excluding hydrogens is 656 g/mol. The van der Waals surface area contributed by atoms with Crippen molar-refractivity contribution in [2.75, 3.05) is 6.61 Å². The summed E-state index contributed by atoms with van der Waals surface area (Å²) in [6, 6.07) is 8.36. The van der Waals surface area contributed by atoms with Gasteiger partial charge in [0.1, 0.15) is 17.2 Å². The molecule has 0 bridgehead atoms. The summed E-state index contributed by atoms with van der Waals surface area (Å²) in [4.78, 5) is 38.4. The minimum Gasteiger partial charge on any atom is -0.479 e. The highest BCUT2D eigenvalue weighted by molar-refractivity contribution is 7.46. The molecule has 18 heteroatoms. The van der Waals surface area contributed by atoms with Crippen LogP contribution in [0.1, 0.15) is 59.9 Å². The van der Waals surface area contributed by atoms with Crippen LogP contribution in [-0.4, -0.2) is 53.8 Å². The average molecular weight is 682 g/mol. The highest BCUT2D eigenvalue weighted by Gasteiger charge is 2.51. The molecule has 1 unspecified atom stereocenters. The number of nitrogens with one attached hydrogen (secondary N) is 1. The summed E-state index contributed by atoms with van der Waals surface area (Å²) in [7, 11) is -4.92. The van der Waals surface area contributed by atoms with E-state index in [2.05, 4.69) is 24.7 Å². The molecule has 0 radical (unpaired) electrons. The number of aromatic nitrogens is 3. The molecule has 0 spiro atoms. The van der Waals surface area contributed by atoms with Crippen molar-refractivity contribution < 1.29 is 55.3 Å². The lowest BCUT2D eigenvalue weighted by atomic mass is 9.88. The number of imidazole rings is 1. The van der Waals surface area contributed by atoms with Crippen LogP contribution in [0.25, 0.3) is 22.6 Å². The first-order valence-corrected chi connectivity index (χ1v) is 15.7. The van der Waals surface area contributed by atoms with Gasteiger partial charge in [-0.1, -0.05) is 23.4 Å². The van der Waals surface area contributed by atoms with E-state index >= 15 is 0 Å². The van der Waals surface area contributed by atoms with Crippen molar-refractivity contribution in [2.45, 2.75) is 49.9 Å². The van der Waals surface area contributed by atoms with Crippen LogP contribution >= 0.6 is 7.82 Å². The van der Waals surface area contributed by atoms with Gasteiger partial charge in [0.05, 0.1) is 36.2 Å². The SMILES string of the molecule is O=C(O)C(CCCOP(=O)(O)O)(c1cc(-c2ccc(C3CC3)cc2C(F)(F)F)no1)N1Cc2[nH]c(-c3cccc(F)c3F)nc2C=N1. The number of fused-ring (bicyclic) bond motifs is 1. The van der Waals surface area contributed by atoms with Crippen LogP contribution in [0.4, 0.5) is 22.0 Å². The van der Waals surface area contributed by atoms with Gasteiger partial charge in [-0.05, 0) is 55.4 Å². The maximum absolute atomic E-state index is 14.5. The zero-order chi connectivity index (χ0) is 33.7.